The SMILES string of the molecule is Cc1nc2ccccn2c1CNC(=O)c1ccc2cc(C(=O)NO)ccc2c1. The molecule has 0 aliphatic carbocycles. The highest BCUT2D eigenvalue weighted by Gasteiger charge is 2.12. The Bertz CT molecular complexity index is 1210. The Morgan fingerprint density at radius 3 is 2.36 bits per heavy atom. The monoisotopic (exact) mass is 374 g/mol. The number of fused-ring (bicyclic) bond motifs is 2. The minimum Gasteiger partial charge on any atom is -0.346 e. The van der Waals surface area contributed by atoms with Crippen molar-refractivity contribution in [1.29, 1.82) is 0 Å². The van der Waals surface area contributed by atoms with Crippen LogP contribution in [0.25, 0.3) is 16.4 Å². The number of hydroxylamine groups is 1. The molecule has 4 aromatic rings. The molecule has 0 radical (unpaired) electrons. The molecule has 7 heteroatoms. The zero-order valence-electron chi connectivity index (χ0n) is 15.1. The van der Waals surface area contributed by atoms with Gasteiger partial charge in [0, 0.05) is 17.3 Å². The molecule has 2 heterocycles. The number of carbonyl (C=O) groups excluding carboxylic acids is 2. The van der Waals surface area contributed by atoms with Gasteiger partial charge in [0.2, 0.25) is 0 Å². The Morgan fingerprint density at radius 2 is 1.68 bits per heavy atom. The van der Waals surface area contributed by atoms with Crippen molar-refractivity contribution in [2.75, 3.05) is 0 Å². The maximum Gasteiger partial charge on any atom is 0.274 e. The van der Waals surface area contributed by atoms with Gasteiger partial charge in [0.05, 0.1) is 17.9 Å². The Morgan fingerprint density at radius 1 is 1.00 bits per heavy atom. The molecule has 0 unspecified atom stereocenters. The third-order valence-corrected chi connectivity index (χ3v) is 4.71. The Hall–Kier alpha value is -3.71. The molecule has 0 aliphatic rings. The molecule has 28 heavy (non-hydrogen) atoms. The highest BCUT2D eigenvalue weighted by molar-refractivity contribution is 6.01. The van der Waals surface area contributed by atoms with Crippen LogP contribution in [0.3, 0.4) is 0 Å². The first kappa shape index (κ1) is 17.7. The molecule has 0 aliphatic heterocycles. The van der Waals surface area contributed by atoms with Crippen LogP contribution in [0.5, 0.6) is 0 Å². The van der Waals surface area contributed by atoms with Gasteiger partial charge in [0.1, 0.15) is 5.65 Å². The first-order chi connectivity index (χ1) is 13.6. The second-order valence-electron chi connectivity index (χ2n) is 6.47. The third-order valence-electron chi connectivity index (χ3n) is 4.71. The molecule has 3 N–H and O–H groups in total. The van der Waals surface area contributed by atoms with Gasteiger partial charge in [-0.15, -0.1) is 0 Å². The predicted molar refractivity (Wildman–Crippen MR) is 104 cm³/mol. The van der Waals surface area contributed by atoms with Crippen molar-refractivity contribution >= 4 is 28.2 Å². The summed E-state index contributed by atoms with van der Waals surface area (Å²) in [6, 6.07) is 16.0. The number of nitrogens with one attached hydrogen (secondary N) is 2. The van der Waals surface area contributed by atoms with E-state index in [1.54, 1.807) is 41.9 Å². The topological polar surface area (TPSA) is 95.7 Å². The molecule has 2 aromatic heterocycles. The lowest BCUT2D eigenvalue weighted by atomic mass is 10.0. The quantitative estimate of drug-likeness (QED) is 0.378. The number of carbonyl (C=O) groups is 2. The number of nitrogens with zero attached hydrogens (tertiary/aromatic N) is 2. The summed E-state index contributed by atoms with van der Waals surface area (Å²) in [5, 5.41) is 13.3. The van der Waals surface area contributed by atoms with Gasteiger partial charge in [0.15, 0.2) is 0 Å². The highest BCUT2D eigenvalue weighted by atomic mass is 16.5. The van der Waals surface area contributed by atoms with Gasteiger partial charge in [-0.05, 0) is 54.1 Å². The summed E-state index contributed by atoms with van der Waals surface area (Å²) in [6.07, 6.45) is 1.92. The number of rotatable bonds is 4. The molecule has 0 fully saturated rings. The van der Waals surface area contributed by atoms with Crippen LogP contribution in [0, 0.1) is 6.92 Å². The molecule has 0 spiro atoms. The average Bonchev–Trinajstić information content (AvgIpc) is 3.05. The standard InChI is InChI=1S/C21H18N4O3/c1-13-18(25-9-3-2-4-19(25)23-13)12-22-20(26)16-7-5-15-11-17(21(27)24-28)8-6-14(15)10-16/h2-11,28H,12H2,1H3,(H,22,26)(H,24,27). The van der Waals surface area contributed by atoms with Crippen LogP contribution in [0.4, 0.5) is 0 Å². The molecule has 2 aromatic carbocycles. The maximum absolute atomic E-state index is 12.6. The summed E-state index contributed by atoms with van der Waals surface area (Å²) in [6.45, 7) is 2.29. The van der Waals surface area contributed by atoms with Gasteiger partial charge in [-0.25, -0.2) is 10.5 Å². The second-order valence-corrected chi connectivity index (χ2v) is 6.47. The van der Waals surface area contributed by atoms with Crippen LogP contribution in [0.15, 0.2) is 60.8 Å². The molecule has 2 amide bonds. The van der Waals surface area contributed by atoms with Gasteiger partial charge >= 0.3 is 0 Å². The number of hydrogen-bond donors (Lipinski definition) is 3. The van der Waals surface area contributed by atoms with Gasteiger partial charge in [-0.2, -0.15) is 0 Å². The fourth-order valence-electron chi connectivity index (χ4n) is 3.24. The van der Waals surface area contributed by atoms with Gasteiger partial charge in [-0.3, -0.25) is 14.8 Å². The van der Waals surface area contributed by atoms with E-state index in [1.165, 1.54) is 0 Å². The van der Waals surface area contributed by atoms with Crippen molar-refractivity contribution in [3.63, 3.8) is 0 Å². The zero-order chi connectivity index (χ0) is 19.7. The number of pyridine rings is 1. The van der Waals surface area contributed by atoms with Crippen molar-refractivity contribution in [2.45, 2.75) is 13.5 Å². The molecule has 7 nitrogen and oxygen atoms in total. The highest BCUT2D eigenvalue weighted by Crippen LogP contribution is 2.19. The van der Waals surface area contributed by atoms with Crippen molar-refractivity contribution in [2.24, 2.45) is 0 Å². The number of hydrogen-bond acceptors (Lipinski definition) is 4. The number of imidazole rings is 1. The Labute approximate surface area is 160 Å². The van der Waals surface area contributed by atoms with Crippen molar-refractivity contribution in [3.05, 3.63) is 83.3 Å². The van der Waals surface area contributed by atoms with Crippen molar-refractivity contribution in [3.8, 4) is 0 Å². The van der Waals surface area contributed by atoms with Crippen LogP contribution >= 0.6 is 0 Å². The van der Waals surface area contributed by atoms with E-state index >= 15 is 0 Å². The summed E-state index contributed by atoms with van der Waals surface area (Å²) < 4.78 is 1.96. The van der Waals surface area contributed by atoms with Gasteiger partial charge < -0.3 is 9.72 Å². The second kappa shape index (κ2) is 7.13. The fourth-order valence-corrected chi connectivity index (χ4v) is 3.24. The summed E-state index contributed by atoms with van der Waals surface area (Å²) in [5.41, 5.74) is 5.14. The smallest absolute Gasteiger partial charge is 0.274 e. The third kappa shape index (κ3) is 3.19. The average molecular weight is 374 g/mol. The number of benzene rings is 2. The first-order valence-electron chi connectivity index (χ1n) is 8.76. The minimum absolute atomic E-state index is 0.190. The summed E-state index contributed by atoms with van der Waals surface area (Å²) in [7, 11) is 0. The number of aryl methyl sites for hydroxylation is 1. The Balaban J connectivity index is 1.55. The van der Waals surface area contributed by atoms with Crippen LogP contribution in [0.2, 0.25) is 0 Å². The van der Waals surface area contributed by atoms with E-state index in [2.05, 4.69) is 10.3 Å². The van der Waals surface area contributed by atoms with Crippen molar-refractivity contribution < 1.29 is 14.8 Å². The minimum atomic E-state index is -0.577. The van der Waals surface area contributed by atoms with Crippen LogP contribution in [0.1, 0.15) is 32.1 Å². The summed E-state index contributed by atoms with van der Waals surface area (Å²) in [5.74, 6) is -0.767. The molecular formula is C21H18N4O3. The van der Waals surface area contributed by atoms with E-state index in [0.717, 1.165) is 27.8 Å². The van der Waals surface area contributed by atoms with E-state index in [9.17, 15) is 9.59 Å². The number of aromatic nitrogens is 2. The largest absolute Gasteiger partial charge is 0.346 e. The van der Waals surface area contributed by atoms with Crippen LogP contribution < -0.4 is 10.8 Å². The predicted octanol–water partition coefficient (Wildman–Crippen LogP) is 2.84. The van der Waals surface area contributed by atoms with E-state index < -0.39 is 5.91 Å². The number of amides is 2. The lowest BCUT2D eigenvalue weighted by Crippen LogP contribution is -2.23. The van der Waals surface area contributed by atoms with Crippen LogP contribution in [-0.4, -0.2) is 26.4 Å². The first-order valence-corrected chi connectivity index (χ1v) is 8.76. The lowest BCUT2D eigenvalue weighted by Gasteiger charge is -2.08. The molecule has 0 bridgehead atoms. The molecule has 140 valence electrons. The Kier molecular flexibility index (Phi) is 4.50. The molecule has 0 saturated carbocycles. The molecule has 0 saturated heterocycles. The normalized spacial score (nSPS) is 10.9. The van der Waals surface area contributed by atoms with Gasteiger partial charge in [-0.1, -0.05) is 18.2 Å². The maximum atomic E-state index is 12.6. The summed E-state index contributed by atoms with van der Waals surface area (Å²) >= 11 is 0. The van der Waals surface area contributed by atoms with E-state index in [-0.39, 0.29) is 5.91 Å². The molecular weight excluding hydrogens is 356 g/mol. The fraction of sp³-hybridized carbons (Fsp3) is 0.0952. The van der Waals surface area contributed by atoms with Crippen molar-refractivity contribution in [1.82, 2.24) is 20.2 Å². The van der Waals surface area contributed by atoms with Gasteiger partial charge in [0.25, 0.3) is 11.8 Å². The van der Waals surface area contributed by atoms with Crippen LogP contribution in [-0.2, 0) is 6.54 Å². The zero-order valence-corrected chi connectivity index (χ0v) is 15.1. The van der Waals surface area contributed by atoms with E-state index in [1.807, 2.05) is 35.7 Å². The summed E-state index contributed by atoms with van der Waals surface area (Å²) in [4.78, 5) is 28.6. The lowest BCUT2D eigenvalue weighted by molar-refractivity contribution is 0.0706. The van der Waals surface area contributed by atoms with E-state index in [0.29, 0.717) is 17.7 Å². The van der Waals surface area contributed by atoms with E-state index in [4.69, 9.17) is 5.21 Å². The molecule has 4 rings (SSSR count). The molecule has 0 atom stereocenters.